The van der Waals surface area contributed by atoms with Crippen LogP contribution >= 0.6 is 11.3 Å². The number of carboxylic acid groups (broad SMARTS) is 1. The van der Waals surface area contributed by atoms with Crippen molar-refractivity contribution in [2.45, 2.75) is 50.6 Å². The van der Waals surface area contributed by atoms with E-state index in [1.54, 1.807) is 11.3 Å². The molecule has 1 atom stereocenters. The molecule has 0 spiro atoms. The van der Waals surface area contributed by atoms with Crippen LogP contribution in [-0.4, -0.2) is 22.6 Å². The lowest BCUT2D eigenvalue weighted by atomic mass is 9.74. The predicted molar refractivity (Wildman–Crippen MR) is 77.9 cm³/mol. The summed E-state index contributed by atoms with van der Waals surface area (Å²) in [6.45, 7) is 2.01. The van der Waals surface area contributed by atoms with Crippen molar-refractivity contribution in [1.29, 1.82) is 0 Å². The Morgan fingerprint density at radius 2 is 2.25 bits per heavy atom. The lowest BCUT2D eigenvalue weighted by molar-refractivity contribution is -0.139. The predicted octanol–water partition coefficient (Wildman–Crippen LogP) is 2.90. The van der Waals surface area contributed by atoms with Crippen molar-refractivity contribution in [2.24, 2.45) is 0 Å². The number of hydrogen-bond donors (Lipinski definition) is 3. The van der Waals surface area contributed by atoms with Gasteiger partial charge >= 0.3 is 12.0 Å². The molecule has 1 aliphatic rings. The largest absolute Gasteiger partial charge is 0.481 e. The normalized spacial score (nSPS) is 17.9. The van der Waals surface area contributed by atoms with E-state index in [1.807, 2.05) is 24.4 Å². The molecule has 1 unspecified atom stereocenters. The first-order valence-electron chi connectivity index (χ1n) is 6.88. The van der Waals surface area contributed by atoms with Crippen LogP contribution in [0.15, 0.2) is 17.5 Å². The third kappa shape index (κ3) is 3.50. The molecule has 0 aromatic carbocycles. The van der Waals surface area contributed by atoms with Crippen LogP contribution < -0.4 is 10.6 Å². The second kappa shape index (κ2) is 6.26. The lowest BCUT2D eigenvalue weighted by Crippen LogP contribution is -2.57. The quantitative estimate of drug-likeness (QED) is 0.755. The molecule has 1 aromatic rings. The highest BCUT2D eigenvalue weighted by Crippen LogP contribution is 2.35. The van der Waals surface area contributed by atoms with E-state index in [1.165, 1.54) is 0 Å². The number of hydrogen-bond acceptors (Lipinski definition) is 3. The summed E-state index contributed by atoms with van der Waals surface area (Å²) < 4.78 is 0. The fourth-order valence-corrected chi connectivity index (χ4v) is 3.40. The van der Waals surface area contributed by atoms with E-state index in [0.717, 1.165) is 30.6 Å². The Kier molecular flexibility index (Phi) is 4.65. The van der Waals surface area contributed by atoms with Crippen LogP contribution in [0.3, 0.4) is 0 Å². The molecular weight excluding hydrogens is 276 g/mol. The Bertz CT molecular complexity index is 469. The standard InChI is InChI=1S/C14H20N2O3S/c1-2-10(11-5-3-8-20-11)15-13(19)16-14(6-4-7-14)9-12(17)18/h3,5,8,10H,2,4,6-7,9H2,1H3,(H,17,18)(H2,15,16,19). The summed E-state index contributed by atoms with van der Waals surface area (Å²) in [4.78, 5) is 24.1. The third-order valence-corrected chi connectivity index (χ3v) is 4.77. The minimum atomic E-state index is -0.865. The lowest BCUT2D eigenvalue weighted by Gasteiger charge is -2.41. The summed E-state index contributed by atoms with van der Waals surface area (Å²) >= 11 is 1.61. The van der Waals surface area contributed by atoms with Crippen LogP contribution in [0, 0.1) is 0 Å². The molecule has 0 aliphatic heterocycles. The Morgan fingerprint density at radius 3 is 2.70 bits per heavy atom. The van der Waals surface area contributed by atoms with Crippen molar-refractivity contribution in [3.05, 3.63) is 22.4 Å². The molecule has 1 heterocycles. The minimum Gasteiger partial charge on any atom is -0.481 e. The van der Waals surface area contributed by atoms with Crippen LogP contribution in [0.4, 0.5) is 4.79 Å². The molecule has 2 amide bonds. The number of thiophene rings is 1. The molecule has 1 fully saturated rings. The summed E-state index contributed by atoms with van der Waals surface area (Å²) in [5.74, 6) is -0.865. The number of carboxylic acids is 1. The molecule has 20 heavy (non-hydrogen) atoms. The Labute approximate surface area is 122 Å². The maximum atomic E-state index is 12.1. The zero-order chi connectivity index (χ0) is 14.6. The molecule has 6 heteroatoms. The molecule has 0 saturated heterocycles. The first-order valence-corrected chi connectivity index (χ1v) is 7.76. The SMILES string of the molecule is CCC(NC(=O)NC1(CC(=O)O)CCC1)c1cccs1. The molecule has 0 bridgehead atoms. The highest BCUT2D eigenvalue weighted by Gasteiger charge is 2.40. The van der Waals surface area contributed by atoms with Crippen LogP contribution in [0.2, 0.25) is 0 Å². The number of rotatable bonds is 6. The van der Waals surface area contributed by atoms with Crippen molar-refractivity contribution >= 4 is 23.3 Å². The number of amides is 2. The van der Waals surface area contributed by atoms with Crippen LogP contribution in [0.1, 0.15) is 49.9 Å². The minimum absolute atomic E-state index is 0.00376. The molecule has 110 valence electrons. The monoisotopic (exact) mass is 296 g/mol. The summed E-state index contributed by atoms with van der Waals surface area (Å²) in [6.07, 6.45) is 3.25. The number of carbonyl (C=O) groups excluding carboxylic acids is 1. The van der Waals surface area contributed by atoms with E-state index in [2.05, 4.69) is 10.6 Å². The van der Waals surface area contributed by atoms with E-state index in [0.29, 0.717) is 0 Å². The summed E-state index contributed by atoms with van der Waals surface area (Å²) in [5.41, 5.74) is -0.552. The highest BCUT2D eigenvalue weighted by molar-refractivity contribution is 7.10. The summed E-state index contributed by atoms with van der Waals surface area (Å²) in [7, 11) is 0. The van der Waals surface area contributed by atoms with E-state index in [-0.39, 0.29) is 18.5 Å². The van der Waals surface area contributed by atoms with Crippen molar-refractivity contribution in [2.75, 3.05) is 0 Å². The van der Waals surface area contributed by atoms with Gasteiger partial charge in [-0.25, -0.2) is 4.79 Å². The molecule has 0 radical (unpaired) electrons. The van der Waals surface area contributed by atoms with Gasteiger partial charge in [0.05, 0.1) is 18.0 Å². The molecule has 2 rings (SSSR count). The van der Waals surface area contributed by atoms with Crippen LogP contribution in [0.25, 0.3) is 0 Å². The molecule has 3 N–H and O–H groups in total. The van der Waals surface area contributed by atoms with Gasteiger partial charge in [-0.3, -0.25) is 4.79 Å². The van der Waals surface area contributed by atoms with Gasteiger partial charge in [-0.2, -0.15) is 0 Å². The van der Waals surface area contributed by atoms with Gasteiger partial charge in [-0.1, -0.05) is 13.0 Å². The van der Waals surface area contributed by atoms with E-state index >= 15 is 0 Å². The molecular formula is C14H20N2O3S. The van der Waals surface area contributed by atoms with Crippen LogP contribution in [0.5, 0.6) is 0 Å². The topological polar surface area (TPSA) is 78.4 Å². The maximum Gasteiger partial charge on any atom is 0.315 e. The van der Waals surface area contributed by atoms with E-state index in [9.17, 15) is 9.59 Å². The maximum absolute atomic E-state index is 12.1. The van der Waals surface area contributed by atoms with Gasteiger partial charge in [0.15, 0.2) is 0 Å². The molecule has 5 nitrogen and oxygen atoms in total. The zero-order valence-electron chi connectivity index (χ0n) is 11.5. The fourth-order valence-electron chi connectivity index (χ4n) is 2.54. The summed E-state index contributed by atoms with van der Waals surface area (Å²) in [5, 5.41) is 16.7. The van der Waals surface area contributed by atoms with E-state index < -0.39 is 11.5 Å². The van der Waals surface area contributed by atoms with Crippen molar-refractivity contribution in [1.82, 2.24) is 10.6 Å². The Balaban J connectivity index is 1.92. The second-order valence-electron chi connectivity index (χ2n) is 5.28. The molecule has 1 aliphatic carbocycles. The van der Waals surface area contributed by atoms with Gasteiger partial charge in [0, 0.05) is 4.88 Å². The number of urea groups is 1. The average Bonchev–Trinajstić information content (AvgIpc) is 2.86. The van der Waals surface area contributed by atoms with Crippen molar-refractivity contribution in [3.63, 3.8) is 0 Å². The van der Waals surface area contributed by atoms with Gasteiger partial charge in [0.25, 0.3) is 0 Å². The van der Waals surface area contributed by atoms with E-state index in [4.69, 9.17) is 5.11 Å². The number of aliphatic carboxylic acids is 1. The zero-order valence-corrected chi connectivity index (χ0v) is 12.3. The average molecular weight is 296 g/mol. The Hall–Kier alpha value is -1.56. The van der Waals surface area contributed by atoms with Gasteiger partial charge in [0.1, 0.15) is 0 Å². The summed E-state index contributed by atoms with van der Waals surface area (Å²) in [6, 6.07) is 3.67. The van der Waals surface area contributed by atoms with Crippen molar-refractivity contribution in [3.8, 4) is 0 Å². The van der Waals surface area contributed by atoms with Gasteiger partial charge in [-0.15, -0.1) is 11.3 Å². The van der Waals surface area contributed by atoms with Gasteiger partial charge in [-0.05, 0) is 37.1 Å². The number of carbonyl (C=O) groups is 2. The Morgan fingerprint density at radius 1 is 1.50 bits per heavy atom. The van der Waals surface area contributed by atoms with Gasteiger partial charge < -0.3 is 15.7 Å². The number of nitrogens with one attached hydrogen (secondary N) is 2. The fraction of sp³-hybridized carbons (Fsp3) is 0.571. The molecule has 1 saturated carbocycles. The van der Waals surface area contributed by atoms with Crippen LogP contribution in [-0.2, 0) is 4.79 Å². The highest BCUT2D eigenvalue weighted by atomic mass is 32.1. The first kappa shape index (κ1) is 14.8. The third-order valence-electron chi connectivity index (χ3n) is 3.78. The first-order chi connectivity index (χ1) is 9.54. The van der Waals surface area contributed by atoms with Crippen molar-refractivity contribution < 1.29 is 14.7 Å². The molecule has 1 aromatic heterocycles. The second-order valence-corrected chi connectivity index (χ2v) is 6.26. The smallest absolute Gasteiger partial charge is 0.315 e. The van der Waals surface area contributed by atoms with Gasteiger partial charge in [0.2, 0.25) is 0 Å².